The van der Waals surface area contributed by atoms with Gasteiger partial charge in [0.2, 0.25) is 0 Å². The van der Waals surface area contributed by atoms with Gasteiger partial charge in [-0.15, -0.1) is 0 Å². The number of hydrogen-bond donors (Lipinski definition) is 0. The molecule has 0 bridgehead atoms. The molecule has 0 aromatic carbocycles. The van der Waals surface area contributed by atoms with Crippen LogP contribution in [0.25, 0.3) is 0 Å². The van der Waals surface area contributed by atoms with E-state index < -0.39 is 0 Å². The van der Waals surface area contributed by atoms with Crippen LogP contribution in [0, 0.1) is 7.34 Å². The monoisotopic (exact) mass is 320 g/mol. The molecular formula is C4H2I2O. The summed E-state index contributed by atoms with van der Waals surface area (Å²) in [6.07, 6.45) is 1.68. The van der Waals surface area contributed by atoms with Crippen LogP contribution in [0.1, 0.15) is 0 Å². The van der Waals surface area contributed by atoms with E-state index in [1.807, 2.05) is 6.07 Å². The lowest BCUT2D eigenvalue weighted by Crippen LogP contribution is -1.60. The minimum atomic E-state index is 0.971. The summed E-state index contributed by atoms with van der Waals surface area (Å²) >= 11 is 4.36. The first-order chi connectivity index (χ1) is 3.30. The molecule has 0 amide bonds. The van der Waals surface area contributed by atoms with Gasteiger partial charge in [-0.25, -0.2) is 0 Å². The fourth-order valence-corrected chi connectivity index (χ4v) is 0.876. The highest BCUT2D eigenvalue weighted by molar-refractivity contribution is 14.1. The highest BCUT2D eigenvalue weighted by Crippen LogP contribution is 2.14. The molecule has 0 aliphatic rings. The van der Waals surface area contributed by atoms with Gasteiger partial charge in [-0.3, -0.25) is 0 Å². The van der Waals surface area contributed by atoms with Crippen LogP contribution in [0.2, 0.25) is 0 Å². The normalized spacial score (nSPS) is 9.43. The third-order valence-electron chi connectivity index (χ3n) is 0.574. The van der Waals surface area contributed by atoms with Crippen molar-refractivity contribution in [2.24, 2.45) is 0 Å². The Balaban J connectivity index is 3.12. The van der Waals surface area contributed by atoms with Gasteiger partial charge in [-0.1, -0.05) is 0 Å². The maximum absolute atomic E-state index is 4.94. The van der Waals surface area contributed by atoms with Crippen molar-refractivity contribution in [2.45, 2.75) is 0 Å². The number of rotatable bonds is 0. The van der Waals surface area contributed by atoms with E-state index in [0.29, 0.717) is 0 Å². The first kappa shape index (κ1) is 5.87. The summed E-state index contributed by atoms with van der Waals surface area (Å²) in [6.45, 7) is 0. The summed E-state index contributed by atoms with van der Waals surface area (Å²) in [4.78, 5) is 0. The molecule has 0 aliphatic carbocycles. The zero-order chi connectivity index (χ0) is 5.28. The van der Waals surface area contributed by atoms with Crippen LogP contribution in [-0.4, -0.2) is 0 Å². The van der Waals surface area contributed by atoms with Crippen LogP contribution in [-0.2, 0) is 0 Å². The summed E-state index contributed by atoms with van der Waals surface area (Å²) < 4.78 is 7.09. The van der Waals surface area contributed by atoms with E-state index in [0.717, 1.165) is 3.77 Å². The second-order valence-electron chi connectivity index (χ2n) is 1.04. The Morgan fingerprint density at radius 3 is 2.29 bits per heavy atom. The number of hydrogen-bond acceptors (Lipinski definition) is 1. The molecule has 0 fully saturated rings. The van der Waals surface area contributed by atoms with Crippen molar-refractivity contribution in [3.8, 4) is 0 Å². The van der Waals surface area contributed by atoms with Gasteiger partial charge in [-0.05, 0) is 28.7 Å². The lowest BCUT2D eigenvalue weighted by Gasteiger charge is -1.74. The van der Waals surface area contributed by atoms with Gasteiger partial charge in [0.15, 0.2) is 3.77 Å². The van der Waals surface area contributed by atoms with E-state index in [2.05, 4.69) is 45.2 Å². The molecular weight excluding hydrogens is 318 g/mol. The maximum atomic E-state index is 4.94. The van der Waals surface area contributed by atoms with Gasteiger partial charge >= 0.3 is 0 Å². The Morgan fingerprint density at radius 2 is 2.14 bits per heavy atom. The van der Waals surface area contributed by atoms with Crippen LogP contribution in [0.4, 0.5) is 0 Å². The van der Waals surface area contributed by atoms with Crippen LogP contribution in [0.15, 0.2) is 16.7 Å². The predicted molar refractivity (Wildman–Crippen MR) is 44.1 cm³/mol. The van der Waals surface area contributed by atoms with Gasteiger partial charge in [0.05, 0.1) is 9.83 Å². The Hall–Kier alpha value is 0.740. The fraction of sp³-hybridized carbons (Fsp3) is 0. The van der Waals surface area contributed by atoms with E-state index in [1.54, 1.807) is 6.26 Å². The topological polar surface area (TPSA) is 13.1 Å². The highest BCUT2D eigenvalue weighted by Gasteiger charge is 1.93. The van der Waals surface area contributed by atoms with Crippen molar-refractivity contribution >= 4 is 45.2 Å². The number of furan rings is 1. The largest absolute Gasteiger partial charge is 0.457 e. The fourth-order valence-electron chi connectivity index (χ4n) is 0.275. The minimum Gasteiger partial charge on any atom is -0.457 e. The van der Waals surface area contributed by atoms with Gasteiger partial charge in [0.1, 0.15) is 0 Å². The molecule has 1 aromatic heterocycles. The van der Waals surface area contributed by atoms with Gasteiger partial charge in [0.25, 0.3) is 0 Å². The van der Waals surface area contributed by atoms with Gasteiger partial charge in [0, 0.05) is 22.6 Å². The quantitative estimate of drug-likeness (QED) is 0.670. The predicted octanol–water partition coefficient (Wildman–Crippen LogP) is 2.49. The van der Waals surface area contributed by atoms with E-state index in [-0.39, 0.29) is 0 Å². The zero-order valence-electron chi connectivity index (χ0n) is 3.32. The van der Waals surface area contributed by atoms with E-state index in [4.69, 9.17) is 4.42 Å². The molecule has 0 N–H and O–H groups in total. The van der Waals surface area contributed by atoms with Crippen molar-refractivity contribution in [2.75, 3.05) is 0 Å². The first-order valence-corrected chi connectivity index (χ1v) is 3.85. The average molecular weight is 320 g/mol. The van der Waals surface area contributed by atoms with Crippen molar-refractivity contribution < 1.29 is 4.42 Å². The van der Waals surface area contributed by atoms with E-state index in [1.165, 1.54) is 3.57 Å². The molecule has 0 radical (unpaired) electrons. The Morgan fingerprint density at radius 1 is 1.43 bits per heavy atom. The molecule has 1 nitrogen and oxygen atoms in total. The second-order valence-corrected chi connectivity index (χ2v) is 3.18. The molecule has 38 valence electrons. The zero-order valence-corrected chi connectivity index (χ0v) is 7.63. The Kier molecular flexibility index (Phi) is 1.96. The third kappa shape index (κ3) is 1.31. The summed E-state index contributed by atoms with van der Waals surface area (Å²) in [6, 6.07) is 1.93. The Bertz CT molecular complexity index is 142. The summed E-state index contributed by atoms with van der Waals surface area (Å²) in [5.41, 5.74) is 0. The van der Waals surface area contributed by atoms with E-state index >= 15 is 0 Å². The lowest BCUT2D eigenvalue weighted by atomic mass is 10.7. The van der Waals surface area contributed by atoms with Crippen molar-refractivity contribution in [3.05, 3.63) is 19.7 Å². The maximum Gasteiger partial charge on any atom is 0.176 e. The summed E-state index contributed by atoms with van der Waals surface area (Å²) in [5, 5.41) is 0. The molecule has 7 heavy (non-hydrogen) atoms. The van der Waals surface area contributed by atoms with Crippen LogP contribution in [0.5, 0.6) is 0 Å². The van der Waals surface area contributed by atoms with Crippen molar-refractivity contribution in [1.29, 1.82) is 0 Å². The smallest absolute Gasteiger partial charge is 0.176 e. The Labute approximate surface area is 68.7 Å². The van der Waals surface area contributed by atoms with Crippen LogP contribution >= 0.6 is 45.2 Å². The van der Waals surface area contributed by atoms with Crippen molar-refractivity contribution in [1.82, 2.24) is 0 Å². The molecule has 0 saturated carbocycles. The standard InChI is InChI=1S/C4H2I2O/c5-3-1-2-7-4(3)6/h1-2H. The molecule has 3 heteroatoms. The van der Waals surface area contributed by atoms with E-state index in [9.17, 15) is 0 Å². The van der Waals surface area contributed by atoms with Crippen molar-refractivity contribution in [3.63, 3.8) is 0 Å². The average Bonchev–Trinajstić information content (AvgIpc) is 1.91. The molecule has 0 saturated heterocycles. The molecule has 0 spiro atoms. The third-order valence-corrected chi connectivity index (χ3v) is 3.29. The minimum absolute atomic E-state index is 0.971. The summed E-state index contributed by atoms with van der Waals surface area (Å²) in [5.74, 6) is 0. The first-order valence-electron chi connectivity index (χ1n) is 1.69. The van der Waals surface area contributed by atoms with Gasteiger partial charge in [-0.2, -0.15) is 0 Å². The second kappa shape index (κ2) is 2.34. The molecule has 0 unspecified atom stereocenters. The molecule has 1 rings (SSSR count). The SMILES string of the molecule is Ic1ccoc1I. The van der Waals surface area contributed by atoms with Gasteiger partial charge < -0.3 is 4.42 Å². The molecule has 0 aliphatic heterocycles. The molecule has 0 atom stereocenters. The van der Waals surface area contributed by atoms with Crippen LogP contribution < -0.4 is 0 Å². The lowest BCUT2D eigenvalue weighted by molar-refractivity contribution is 0.536. The molecule has 1 heterocycles. The highest BCUT2D eigenvalue weighted by atomic mass is 127. The van der Waals surface area contributed by atoms with Crippen LogP contribution in [0.3, 0.4) is 0 Å². The number of halogens is 2. The summed E-state index contributed by atoms with van der Waals surface area (Å²) in [7, 11) is 0. The molecule has 1 aromatic rings.